The number of nitrogens with one attached hydrogen (secondary N) is 1. The molecule has 3 heteroatoms. The summed E-state index contributed by atoms with van der Waals surface area (Å²) in [4.78, 5) is 2.36. The number of hydrogen-bond acceptors (Lipinski definition) is 3. The van der Waals surface area contributed by atoms with Crippen molar-refractivity contribution in [3.05, 3.63) is 35.9 Å². The van der Waals surface area contributed by atoms with Crippen LogP contribution in [0.4, 0.5) is 0 Å². The standard InChI is InChI=1S/C15H26N2O/c1-3-18-13-11-16-10-7-12-17(2)14-15-8-5-4-6-9-15/h4-6,8-9,16H,3,7,10-14H2,1-2H3. The van der Waals surface area contributed by atoms with E-state index < -0.39 is 0 Å². The quantitative estimate of drug-likeness (QED) is 0.644. The van der Waals surface area contributed by atoms with E-state index in [4.69, 9.17) is 4.74 Å². The number of hydrogen-bond donors (Lipinski definition) is 1. The fraction of sp³-hybridized carbons (Fsp3) is 0.600. The smallest absolute Gasteiger partial charge is 0.0590 e. The molecule has 1 N–H and O–H groups in total. The highest BCUT2D eigenvalue weighted by Gasteiger charge is 1.99. The van der Waals surface area contributed by atoms with Gasteiger partial charge in [-0.1, -0.05) is 30.3 Å². The van der Waals surface area contributed by atoms with Crippen LogP contribution in [0.2, 0.25) is 0 Å². The third kappa shape index (κ3) is 7.43. The molecule has 0 atom stereocenters. The first-order valence-electron chi connectivity index (χ1n) is 6.84. The van der Waals surface area contributed by atoms with E-state index in [0.29, 0.717) is 0 Å². The summed E-state index contributed by atoms with van der Waals surface area (Å²) in [6.07, 6.45) is 1.18. The van der Waals surface area contributed by atoms with Gasteiger partial charge >= 0.3 is 0 Å². The molecule has 0 aromatic heterocycles. The Balaban J connectivity index is 1.99. The van der Waals surface area contributed by atoms with Gasteiger partial charge in [0.25, 0.3) is 0 Å². The zero-order chi connectivity index (χ0) is 13.1. The van der Waals surface area contributed by atoms with Gasteiger partial charge in [-0.3, -0.25) is 0 Å². The summed E-state index contributed by atoms with van der Waals surface area (Å²) in [6, 6.07) is 10.6. The van der Waals surface area contributed by atoms with Crippen molar-refractivity contribution in [1.82, 2.24) is 10.2 Å². The SMILES string of the molecule is CCOCCNCCCN(C)Cc1ccccc1. The first-order chi connectivity index (χ1) is 8.83. The number of benzene rings is 1. The first-order valence-corrected chi connectivity index (χ1v) is 6.84. The summed E-state index contributed by atoms with van der Waals surface area (Å²) in [5, 5.41) is 3.39. The molecule has 0 aliphatic rings. The minimum Gasteiger partial charge on any atom is -0.380 e. The van der Waals surface area contributed by atoms with E-state index in [-0.39, 0.29) is 0 Å². The molecular weight excluding hydrogens is 224 g/mol. The van der Waals surface area contributed by atoms with Crippen molar-refractivity contribution in [1.29, 1.82) is 0 Å². The molecule has 0 unspecified atom stereocenters. The van der Waals surface area contributed by atoms with E-state index in [2.05, 4.69) is 47.6 Å². The van der Waals surface area contributed by atoms with Gasteiger partial charge in [0.1, 0.15) is 0 Å². The van der Waals surface area contributed by atoms with E-state index in [9.17, 15) is 0 Å². The fourth-order valence-electron chi connectivity index (χ4n) is 1.86. The second-order valence-corrected chi connectivity index (χ2v) is 4.52. The number of nitrogens with zero attached hydrogens (tertiary/aromatic N) is 1. The topological polar surface area (TPSA) is 24.5 Å². The van der Waals surface area contributed by atoms with E-state index in [0.717, 1.165) is 39.4 Å². The summed E-state index contributed by atoms with van der Waals surface area (Å²) in [5.41, 5.74) is 1.38. The van der Waals surface area contributed by atoms with Crippen LogP contribution in [0.25, 0.3) is 0 Å². The number of ether oxygens (including phenoxy) is 1. The van der Waals surface area contributed by atoms with E-state index in [1.165, 1.54) is 12.0 Å². The molecule has 0 radical (unpaired) electrons. The zero-order valence-corrected chi connectivity index (χ0v) is 11.7. The summed E-state index contributed by atoms with van der Waals surface area (Å²) >= 11 is 0. The van der Waals surface area contributed by atoms with Crippen LogP contribution in [0.15, 0.2) is 30.3 Å². The molecule has 0 aliphatic heterocycles. The van der Waals surface area contributed by atoms with Gasteiger partial charge in [0, 0.05) is 19.7 Å². The Morgan fingerprint density at radius 3 is 2.67 bits per heavy atom. The summed E-state index contributed by atoms with van der Waals surface area (Å²) in [7, 11) is 2.17. The van der Waals surface area contributed by atoms with Crippen molar-refractivity contribution in [2.45, 2.75) is 19.9 Å². The number of rotatable bonds is 10. The molecule has 0 amide bonds. The molecule has 0 saturated carbocycles. The van der Waals surface area contributed by atoms with Gasteiger partial charge in [-0.25, -0.2) is 0 Å². The Bertz CT molecular complexity index is 290. The molecule has 0 spiro atoms. The van der Waals surface area contributed by atoms with Crippen LogP contribution in [-0.2, 0) is 11.3 Å². The maximum atomic E-state index is 5.27. The molecule has 3 nitrogen and oxygen atoms in total. The monoisotopic (exact) mass is 250 g/mol. The van der Waals surface area contributed by atoms with Gasteiger partial charge in [-0.15, -0.1) is 0 Å². The molecule has 102 valence electrons. The van der Waals surface area contributed by atoms with Crippen LogP contribution in [0.1, 0.15) is 18.9 Å². The average molecular weight is 250 g/mol. The van der Waals surface area contributed by atoms with Gasteiger partial charge in [-0.05, 0) is 39.0 Å². The Morgan fingerprint density at radius 2 is 1.94 bits per heavy atom. The minimum absolute atomic E-state index is 0.807. The van der Waals surface area contributed by atoms with Crippen LogP contribution in [0.3, 0.4) is 0 Å². The zero-order valence-electron chi connectivity index (χ0n) is 11.7. The maximum Gasteiger partial charge on any atom is 0.0590 e. The molecule has 0 heterocycles. The second-order valence-electron chi connectivity index (χ2n) is 4.52. The molecule has 1 rings (SSSR count). The molecular formula is C15H26N2O. The highest BCUT2D eigenvalue weighted by atomic mass is 16.5. The lowest BCUT2D eigenvalue weighted by atomic mass is 10.2. The highest BCUT2D eigenvalue weighted by molar-refractivity contribution is 5.14. The lowest BCUT2D eigenvalue weighted by Crippen LogP contribution is -2.26. The third-order valence-corrected chi connectivity index (χ3v) is 2.82. The van der Waals surface area contributed by atoms with Gasteiger partial charge in [0.2, 0.25) is 0 Å². The summed E-state index contributed by atoms with van der Waals surface area (Å²) in [5.74, 6) is 0. The van der Waals surface area contributed by atoms with Crippen LogP contribution < -0.4 is 5.32 Å². The van der Waals surface area contributed by atoms with Crippen molar-refractivity contribution in [3.8, 4) is 0 Å². The lowest BCUT2D eigenvalue weighted by Gasteiger charge is -2.16. The molecule has 18 heavy (non-hydrogen) atoms. The van der Waals surface area contributed by atoms with Gasteiger partial charge < -0.3 is 15.0 Å². The summed E-state index contributed by atoms with van der Waals surface area (Å²) < 4.78 is 5.27. The van der Waals surface area contributed by atoms with Gasteiger partial charge in [-0.2, -0.15) is 0 Å². The van der Waals surface area contributed by atoms with Crippen molar-refractivity contribution >= 4 is 0 Å². The molecule has 0 bridgehead atoms. The minimum atomic E-state index is 0.807. The highest BCUT2D eigenvalue weighted by Crippen LogP contribution is 2.02. The molecule has 1 aromatic carbocycles. The molecule has 1 aromatic rings. The Kier molecular flexibility index (Phi) is 8.47. The van der Waals surface area contributed by atoms with Crippen molar-refractivity contribution < 1.29 is 4.74 Å². The average Bonchev–Trinajstić information content (AvgIpc) is 2.39. The largest absolute Gasteiger partial charge is 0.380 e. The van der Waals surface area contributed by atoms with E-state index in [1.54, 1.807) is 0 Å². The Labute approximate surface area is 111 Å². The van der Waals surface area contributed by atoms with Crippen molar-refractivity contribution in [2.24, 2.45) is 0 Å². The third-order valence-electron chi connectivity index (χ3n) is 2.82. The van der Waals surface area contributed by atoms with Gasteiger partial charge in [0.15, 0.2) is 0 Å². The fourth-order valence-corrected chi connectivity index (χ4v) is 1.86. The molecule has 0 fully saturated rings. The van der Waals surface area contributed by atoms with Gasteiger partial charge in [0.05, 0.1) is 6.61 Å². The normalized spacial score (nSPS) is 11.1. The Hall–Kier alpha value is -0.900. The van der Waals surface area contributed by atoms with E-state index in [1.807, 2.05) is 6.92 Å². The van der Waals surface area contributed by atoms with E-state index >= 15 is 0 Å². The lowest BCUT2D eigenvalue weighted by molar-refractivity contribution is 0.149. The second kappa shape index (κ2) is 10.1. The van der Waals surface area contributed by atoms with Crippen LogP contribution >= 0.6 is 0 Å². The molecule has 0 aliphatic carbocycles. The van der Waals surface area contributed by atoms with Crippen molar-refractivity contribution in [2.75, 3.05) is 39.9 Å². The first kappa shape index (κ1) is 15.2. The maximum absolute atomic E-state index is 5.27. The van der Waals surface area contributed by atoms with Crippen LogP contribution in [0.5, 0.6) is 0 Å². The predicted molar refractivity (Wildman–Crippen MR) is 76.8 cm³/mol. The predicted octanol–water partition coefficient (Wildman–Crippen LogP) is 2.13. The van der Waals surface area contributed by atoms with Crippen molar-refractivity contribution in [3.63, 3.8) is 0 Å². The van der Waals surface area contributed by atoms with Crippen LogP contribution in [0, 0.1) is 0 Å². The Morgan fingerprint density at radius 1 is 1.17 bits per heavy atom. The molecule has 0 saturated heterocycles. The van der Waals surface area contributed by atoms with Crippen LogP contribution in [-0.4, -0.2) is 44.8 Å². The summed E-state index contributed by atoms with van der Waals surface area (Å²) in [6.45, 7) is 7.81.